The average Bonchev–Trinajstić information content (AvgIpc) is 2.97. The highest BCUT2D eigenvalue weighted by molar-refractivity contribution is 14.1. The standard InChI is InChI=1S/C30H23IN2O4S/c31-37-29-17-9-25(10-18-29)32(23-5-13-27(34)14-6-23)21-1-3-22(4-2-21)33(24-7-15-28(35)16-8-24)26-11-19-30(38-36)20-12-26/h1-20,34-36H. The maximum Gasteiger partial charge on any atom is 0.192 e. The van der Waals surface area contributed by atoms with Crippen molar-refractivity contribution >= 4 is 69.2 Å². The molecule has 0 saturated carbocycles. The van der Waals surface area contributed by atoms with Gasteiger partial charge in [0.1, 0.15) is 17.2 Å². The zero-order valence-electron chi connectivity index (χ0n) is 20.0. The fourth-order valence-electron chi connectivity index (χ4n) is 4.15. The van der Waals surface area contributed by atoms with Crippen molar-refractivity contribution in [3.63, 3.8) is 0 Å². The van der Waals surface area contributed by atoms with Gasteiger partial charge in [-0.3, -0.25) is 0 Å². The summed E-state index contributed by atoms with van der Waals surface area (Å²) in [5.74, 6) is 1.15. The van der Waals surface area contributed by atoms with Crippen molar-refractivity contribution in [2.24, 2.45) is 0 Å². The van der Waals surface area contributed by atoms with Crippen LogP contribution in [0.4, 0.5) is 34.1 Å². The summed E-state index contributed by atoms with van der Waals surface area (Å²) in [5, 5.41) is 19.7. The number of phenols is 2. The van der Waals surface area contributed by atoms with E-state index in [1.807, 2.05) is 120 Å². The van der Waals surface area contributed by atoms with Crippen molar-refractivity contribution in [3.8, 4) is 17.2 Å². The highest BCUT2D eigenvalue weighted by atomic mass is 127. The van der Waals surface area contributed by atoms with Crippen LogP contribution in [0, 0.1) is 0 Å². The first kappa shape index (κ1) is 25.8. The first-order valence-electron chi connectivity index (χ1n) is 11.6. The Morgan fingerprint density at radius 3 is 1.08 bits per heavy atom. The smallest absolute Gasteiger partial charge is 0.192 e. The lowest BCUT2D eigenvalue weighted by atomic mass is 10.1. The van der Waals surface area contributed by atoms with E-state index in [0.29, 0.717) is 12.0 Å². The Hall–Kier alpha value is -3.86. The predicted molar refractivity (Wildman–Crippen MR) is 162 cm³/mol. The summed E-state index contributed by atoms with van der Waals surface area (Å²) in [5.41, 5.74) is 5.47. The molecule has 0 radical (unpaired) electrons. The predicted octanol–water partition coefficient (Wildman–Crippen LogP) is 9.33. The fourth-order valence-corrected chi connectivity index (χ4v) is 4.70. The molecule has 5 aromatic rings. The summed E-state index contributed by atoms with van der Waals surface area (Å²) < 4.78 is 14.7. The van der Waals surface area contributed by atoms with Crippen molar-refractivity contribution in [3.05, 3.63) is 121 Å². The molecule has 0 fully saturated rings. The molecule has 0 atom stereocenters. The molecule has 6 nitrogen and oxygen atoms in total. The topological polar surface area (TPSA) is 76.4 Å². The molecular weight excluding hydrogens is 611 g/mol. The zero-order chi connectivity index (χ0) is 26.5. The summed E-state index contributed by atoms with van der Waals surface area (Å²) in [7, 11) is 0. The molecule has 5 rings (SSSR count). The summed E-state index contributed by atoms with van der Waals surface area (Å²) in [6, 6.07) is 37.6. The van der Waals surface area contributed by atoms with Gasteiger partial charge in [-0.05, 0) is 121 Å². The van der Waals surface area contributed by atoms with Gasteiger partial charge in [-0.25, -0.2) is 0 Å². The lowest BCUT2D eigenvalue weighted by Gasteiger charge is -2.28. The fraction of sp³-hybridized carbons (Fsp3) is 0. The van der Waals surface area contributed by atoms with E-state index in [1.54, 1.807) is 24.3 Å². The third-order valence-corrected chi connectivity index (χ3v) is 6.96. The average molecular weight is 634 g/mol. The van der Waals surface area contributed by atoms with Crippen molar-refractivity contribution in [1.29, 1.82) is 0 Å². The number of phenolic OH excluding ortho intramolecular Hbond substituents is 2. The molecule has 8 heteroatoms. The van der Waals surface area contributed by atoms with Gasteiger partial charge in [0.05, 0.1) is 0 Å². The molecule has 0 aliphatic carbocycles. The van der Waals surface area contributed by atoms with Crippen LogP contribution in [0.3, 0.4) is 0 Å². The van der Waals surface area contributed by atoms with Gasteiger partial charge in [-0.15, -0.1) is 0 Å². The number of benzene rings is 5. The van der Waals surface area contributed by atoms with Crippen LogP contribution in [0.25, 0.3) is 0 Å². The second-order valence-electron chi connectivity index (χ2n) is 8.38. The first-order valence-corrected chi connectivity index (χ1v) is 13.3. The van der Waals surface area contributed by atoms with E-state index < -0.39 is 0 Å². The van der Waals surface area contributed by atoms with Crippen LogP contribution in [0.15, 0.2) is 126 Å². The van der Waals surface area contributed by atoms with E-state index in [2.05, 4.69) is 9.80 Å². The van der Waals surface area contributed by atoms with Gasteiger partial charge in [-0.2, -0.15) is 0 Å². The monoisotopic (exact) mass is 634 g/mol. The molecule has 0 unspecified atom stereocenters. The molecule has 3 N–H and O–H groups in total. The Bertz CT molecular complexity index is 1360. The maximum atomic E-state index is 9.84. The van der Waals surface area contributed by atoms with Gasteiger partial charge in [0, 0.05) is 51.1 Å². The second kappa shape index (κ2) is 11.7. The second-order valence-corrected chi connectivity index (χ2v) is 9.47. The van der Waals surface area contributed by atoms with Gasteiger partial charge >= 0.3 is 0 Å². The minimum Gasteiger partial charge on any atom is -0.508 e. The molecule has 0 saturated heterocycles. The van der Waals surface area contributed by atoms with Crippen LogP contribution in [0.1, 0.15) is 0 Å². The Morgan fingerprint density at radius 1 is 0.474 bits per heavy atom. The van der Waals surface area contributed by atoms with E-state index in [4.69, 9.17) is 3.07 Å². The molecule has 0 aliphatic heterocycles. The van der Waals surface area contributed by atoms with Crippen molar-refractivity contribution in [1.82, 2.24) is 0 Å². The van der Waals surface area contributed by atoms with Crippen molar-refractivity contribution in [2.45, 2.75) is 4.90 Å². The van der Waals surface area contributed by atoms with E-state index >= 15 is 0 Å². The van der Waals surface area contributed by atoms with Gasteiger partial charge < -0.3 is 27.6 Å². The van der Waals surface area contributed by atoms with Crippen LogP contribution < -0.4 is 12.9 Å². The van der Waals surface area contributed by atoms with Crippen LogP contribution in [-0.2, 0) is 0 Å². The van der Waals surface area contributed by atoms with Crippen molar-refractivity contribution < 1.29 is 17.8 Å². The van der Waals surface area contributed by atoms with Gasteiger partial charge in [0.2, 0.25) is 0 Å². The number of aromatic hydroxyl groups is 2. The Balaban J connectivity index is 1.56. The van der Waals surface area contributed by atoms with Gasteiger partial charge in [0.15, 0.2) is 23.0 Å². The number of hydrogen-bond acceptors (Lipinski definition) is 7. The number of rotatable bonds is 8. The Kier molecular flexibility index (Phi) is 7.92. The highest BCUT2D eigenvalue weighted by Crippen LogP contribution is 2.40. The zero-order valence-corrected chi connectivity index (χ0v) is 23.0. The highest BCUT2D eigenvalue weighted by Gasteiger charge is 2.16. The first-order chi connectivity index (χ1) is 18.6. The van der Waals surface area contributed by atoms with E-state index in [9.17, 15) is 14.8 Å². The molecule has 0 spiro atoms. The SMILES string of the molecule is OSc1ccc(N(c2ccc(O)cc2)c2ccc(N(c3ccc(O)cc3)c3ccc(OI)cc3)cc2)cc1. The molecule has 0 aliphatic rings. The van der Waals surface area contributed by atoms with E-state index in [0.717, 1.165) is 44.8 Å². The Labute approximate surface area is 239 Å². The number of hydrogen-bond donors (Lipinski definition) is 3. The van der Waals surface area contributed by atoms with E-state index in [1.165, 1.54) is 0 Å². The largest absolute Gasteiger partial charge is 0.508 e. The number of nitrogens with zero attached hydrogens (tertiary/aromatic N) is 2. The molecule has 0 aromatic heterocycles. The normalized spacial score (nSPS) is 10.7. The molecule has 38 heavy (non-hydrogen) atoms. The molecule has 0 heterocycles. The lowest BCUT2D eigenvalue weighted by Crippen LogP contribution is -2.12. The summed E-state index contributed by atoms with van der Waals surface area (Å²) in [6.45, 7) is 0. The minimum atomic E-state index is 0.194. The van der Waals surface area contributed by atoms with Crippen LogP contribution >= 0.6 is 35.0 Å². The third kappa shape index (κ3) is 5.67. The van der Waals surface area contributed by atoms with Crippen molar-refractivity contribution in [2.75, 3.05) is 9.80 Å². The van der Waals surface area contributed by atoms with Gasteiger partial charge in [-0.1, -0.05) is 0 Å². The summed E-state index contributed by atoms with van der Waals surface area (Å²) in [6.07, 6.45) is 0. The van der Waals surface area contributed by atoms with Crippen LogP contribution in [0.5, 0.6) is 17.2 Å². The minimum absolute atomic E-state index is 0.194. The molecule has 190 valence electrons. The maximum absolute atomic E-state index is 9.84. The third-order valence-electron chi connectivity index (χ3n) is 5.97. The Morgan fingerprint density at radius 2 is 0.763 bits per heavy atom. The van der Waals surface area contributed by atoms with Gasteiger partial charge in [0.25, 0.3) is 0 Å². The summed E-state index contributed by atoms with van der Waals surface area (Å²) in [4.78, 5) is 4.92. The number of anilines is 6. The lowest BCUT2D eigenvalue weighted by molar-refractivity contribution is 0.475. The molecule has 0 bridgehead atoms. The number of halogens is 1. The van der Waals surface area contributed by atoms with Crippen LogP contribution in [0.2, 0.25) is 0 Å². The molecule has 5 aromatic carbocycles. The summed E-state index contributed by atoms with van der Waals surface area (Å²) >= 11 is 2.57. The van der Waals surface area contributed by atoms with Crippen LogP contribution in [-0.4, -0.2) is 14.8 Å². The molecular formula is C30H23IN2O4S. The quantitative estimate of drug-likeness (QED) is 0.116. The molecule has 0 amide bonds. The van der Waals surface area contributed by atoms with E-state index in [-0.39, 0.29) is 11.5 Å².